The molecule has 0 saturated heterocycles. The first kappa shape index (κ1) is 17.9. The fourth-order valence-electron chi connectivity index (χ4n) is 3.29. The van der Waals surface area contributed by atoms with Crippen LogP contribution in [-0.2, 0) is 6.54 Å². The Hall–Kier alpha value is -2.89. The van der Waals surface area contributed by atoms with Gasteiger partial charge in [0.1, 0.15) is 5.69 Å². The van der Waals surface area contributed by atoms with Gasteiger partial charge in [-0.2, -0.15) is 0 Å². The van der Waals surface area contributed by atoms with Crippen molar-refractivity contribution < 1.29 is 14.4 Å². The molecule has 0 saturated carbocycles. The Morgan fingerprint density at radius 3 is 2.58 bits per heavy atom. The van der Waals surface area contributed by atoms with Gasteiger partial charge in [0.05, 0.1) is 12.1 Å². The second kappa shape index (κ2) is 6.78. The highest BCUT2D eigenvalue weighted by Crippen LogP contribution is 2.28. The fourth-order valence-corrected chi connectivity index (χ4v) is 3.29. The Labute approximate surface area is 152 Å². The van der Waals surface area contributed by atoms with Gasteiger partial charge >= 0.3 is 0 Å². The van der Waals surface area contributed by atoms with Gasteiger partial charge < -0.3 is 15.2 Å². The second-order valence-electron chi connectivity index (χ2n) is 6.56. The molecule has 0 bridgehead atoms. The Morgan fingerprint density at radius 2 is 1.96 bits per heavy atom. The summed E-state index contributed by atoms with van der Waals surface area (Å²) in [5.74, 6) is -0.320. The number of hydrogen-bond acceptors (Lipinski definition) is 3. The van der Waals surface area contributed by atoms with Crippen molar-refractivity contribution in [3.63, 3.8) is 0 Å². The number of amides is 2. The monoisotopic (exact) mass is 353 g/mol. The maximum Gasteiger partial charge on any atom is 0.272 e. The lowest BCUT2D eigenvalue weighted by Gasteiger charge is -2.13. The summed E-state index contributed by atoms with van der Waals surface area (Å²) in [5.41, 5.74) is 4.49. The normalized spacial score (nSPS) is 13.1. The van der Waals surface area contributed by atoms with Gasteiger partial charge in [-0.1, -0.05) is 19.1 Å². The van der Waals surface area contributed by atoms with Crippen LogP contribution in [0.15, 0.2) is 18.2 Å². The summed E-state index contributed by atoms with van der Waals surface area (Å²) in [7, 11) is 0. The highest BCUT2D eigenvalue weighted by molar-refractivity contribution is 6.09. The standard InChI is InChI=1S/C20H23N3O3/c1-5-16(24)13-8-7-11(3)14(9-13)22-19(25)18-12(4)17-15(21-18)10-23(6-2)20(17)26/h7-9,21H,5-6,10H2,1-4H3,(H,22,25). The van der Waals surface area contributed by atoms with Crippen LogP contribution >= 0.6 is 0 Å². The summed E-state index contributed by atoms with van der Waals surface area (Å²) in [5, 5.41) is 2.87. The first-order valence-electron chi connectivity index (χ1n) is 8.83. The average Bonchev–Trinajstić information content (AvgIpc) is 3.12. The van der Waals surface area contributed by atoms with Crippen LogP contribution in [-0.4, -0.2) is 34.0 Å². The summed E-state index contributed by atoms with van der Waals surface area (Å²) in [4.78, 5) is 41.9. The van der Waals surface area contributed by atoms with Crippen molar-refractivity contribution in [2.45, 2.75) is 40.7 Å². The van der Waals surface area contributed by atoms with Crippen LogP contribution in [0.3, 0.4) is 0 Å². The fraction of sp³-hybridized carbons (Fsp3) is 0.350. The van der Waals surface area contributed by atoms with Crippen molar-refractivity contribution >= 4 is 23.3 Å². The molecule has 0 spiro atoms. The molecule has 136 valence electrons. The van der Waals surface area contributed by atoms with Crippen LogP contribution in [0.5, 0.6) is 0 Å². The SMILES string of the molecule is CCC(=O)c1ccc(C)c(NC(=O)c2[nH]c3c(c2C)C(=O)N(CC)C3)c1. The number of ketones is 1. The van der Waals surface area contributed by atoms with Crippen LogP contribution in [0.25, 0.3) is 0 Å². The lowest BCUT2D eigenvalue weighted by atomic mass is 10.0. The molecule has 26 heavy (non-hydrogen) atoms. The number of carbonyl (C=O) groups is 3. The van der Waals surface area contributed by atoms with E-state index in [1.165, 1.54) is 0 Å². The van der Waals surface area contributed by atoms with Crippen LogP contribution in [0.4, 0.5) is 5.69 Å². The van der Waals surface area contributed by atoms with E-state index in [0.29, 0.717) is 47.6 Å². The molecule has 1 aliphatic rings. The number of Topliss-reactive ketones (excluding diaryl/α,β-unsaturated/α-hetero) is 1. The van der Waals surface area contributed by atoms with E-state index in [0.717, 1.165) is 11.3 Å². The minimum Gasteiger partial charge on any atom is -0.352 e. The second-order valence-corrected chi connectivity index (χ2v) is 6.56. The van der Waals surface area contributed by atoms with E-state index in [2.05, 4.69) is 10.3 Å². The van der Waals surface area contributed by atoms with Crippen LogP contribution in [0, 0.1) is 13.8 Å². The Balaban J connectivity index is 1.88. The number of benzene rings is 1. The summed E-state index contributed by atoms with van der Waals surface area (Å²) < 4.78 is 0. The molecule has 3 rings (SSSR count). The zero-order valence-corrected chi connectivity index (χ0v) is 15.5. The maximum atomic E-state index is 12.7. The number of nitrogens with one attached hydrogen (secondary N) is 2. The molecule has 2 aromatic rings. The number of anilines is 1. The molecule has 2 heterocycles. The van der Waals surface area contributed by atoms with Gasteiger partial charge in [0, 0.05) is 29.9 Å². The lowest BCUT2D eigenvalue weighted by molar-refractivity contribution is 0.0785. The summed E-state index contributed by atoms with van der Waals surface area (Å²) in [6, 6.07) is 5.29. The van der Waals surface area contributed by atoms with E-state index in [4.69, 9.17) is 0 Å². The minimum atomic E-state index is -0.308. The van der Waals surface area contributed by atoms with Crippen LogP contribution < -0.4 is 5.32 Å². The molecule has 2 N–H and O–H groups in total. The van der Waals surface area contributed by atoms with Crippen molar-refractivity contribution in [2.24, 2.45) is 0 Å². The number of hydrogen-bond donors (Lipinski definition) is 2. The van der Waals surface area contributed by atoms with Crippen molar-refractivity contribution in [1.29, 1.82) is 0 Å². The summed E-state index contributed by atoms with van der Waals surface area (Å²) in [6.07, 6.45) is 0.412. The highest BCUT2D eigenvalue weighted by atomic mass is 16.2. The topological polar surface area (TPSA) is 82.3 Å². The molecule has 0 aliphatic carbocycles. The molecular formula is C20H23N3O3. The number of H-pyrrole nitrogens is 1. The molecular weight excluding hydrogens is 330 g/mol. The first-order chi connectivity index (χ1) is 12.4. The van der Waals surface area contributed by atoms with Crippen molar-refractivity contribution in [3.8, 4) is 0 Å². The number of nitrogens with zero attached hydrogens (tertiary/aromatic N) is 1. The predicted molar refractivity (Wildman–Crippen MR) is 99.7 cm³/mol. The third-order valence-electron chi connectivity index (χ3n) is 4.92. The molecule has 2 amide bonds. The molecule has 1 aliphatic heterocycles. The van der Waals surface area contributed by atoms with Crippen molar-refractivity contribution in [2.75, 3.05) is 11.9 Å². The van der Waals surface area contributed by atoms with E-state index in [-0.39, 0.29) is 17.6 Å². The summed E-state index contributed by atoms with van der Waals surface area (Å²) >= 11 is 0. The third kappa shape index (κ3) is 2.92. The molecule has 6 heteroatoms. The van der Waals surface area contributed by atoms with Gasteiger partial charge in [-0.15, -0.1) is 0 Å². The quantitative estimate of drug-likeness (QED) is 0.808. The van der Waals surface area contributed by atoms with E-state index < -0.39 is 0 Å². The number of rotatable bonds is 5. The third-order valence-corrected chi connectivity index (χ3v) is 4.92. The van der Waals surface area contributed by atoms with Gasteiger partial charge in [-0.3, -0.25) is 14.4 Å². The molecule has 1 aromatic carbocycles. The van der Waals surface area contributed by atoms with Gasteiger partial charge in [-0.05, 0) is 38.0 Å². The largest absolute Gasteiger partial charge is 0.352 e. The van der Waals surface area contributed by atoms with E-state index >= 15 is 0 Å². The van der Waals surface area contributed by atoms with Crippen LogP contribution in [0.2, 0.25) is 0 Å². The highest BCUT2D eigenvalue weighted by Gasteiger charge is 2.32. The number of fused-ring (bicyclic) bond motifs is 1. The van der Waals surface area contributed by atoms with Gasteiger partial charge in [0.2, 0.25) is 0 Å². The van der Waals surface area contributed by atoms with E-state index in [9.17, 15) is 14.4 Å². The average molecular weight is 353 g/mol. The Morgan fingerprint density at radius 1 is 1.23 bits per heavy atom. The number of aromatic nitrogens is 1. The molecule has 0 fully saturated rings. The Kier molecular flexibility index (Phi) is 4.68. The Bertz CT molecular complexity index is 911. The number of carbonyl (C=O) groups excluding carboxylic acids is 3. The van der Waals surface area contributed by atoms with Crippen LogP contribution in [0.1, 0.15) is 68.3 Å². The van der Waals surface area contributed by atoms with Crippen molar-refractivity contribution in [1.82, 2.24) is 9.88 Å². The van der Waals surface area contributed by atoms with Gasteiger partial charge in [-0.25, -0.2) is 0 Å². The number of aryl methyl sites for hydroxylation is 1. The predicted octanol–water partition coefficient (Wildman–Crippen LogP) is 3.45. The van der Waals surface area contributed by atoms with Crippen molar-refractivity contribution in [3.05, 3.63) is 51.8 Å². The van der Waals surface area contributed by atoms with Gasteiger partial charge in [0.25, 0.3) is 11.8 Å². The van der Waals surface area contributed by atoms with Gasteiger partial charge in [0.15, 0.2) is 5.78 Å². The molecule has 1 aromatic heterocycles. The molecule has 0 radical (unpaired) electrons. The zero-order chi connectivity index (χ0) is 19.0. The smallest absolute Gasteiger partial charge is 0.272 e. The van der Waals surface area contributed by atoms with E-state index in [1.807, 2.05) is 19.9 Å². The maximum absolute atomic E-state index is 12.7. The molecule has 6 nitrogen and oxygen atoms in total. The molecule has 0 unspecified atom stereocenters. The molecule has 0 atom stereocenters. The van der Waals surface area contributed by atoms with E-state index in [1.54, 1.807) is 30.9 Å². The summed E-state index contributed by atoms with van der Waals surface area (Å²) in [6.45, 7) is 8.53. The lowest BCUT2D eigenvalue weighted by Crippen LogP contribution is -2.24. The first-order valence-corrected chi connectivity index (χ1v) is 8.83. The number of aromatic amines is 1. The zero-order valence-electron chi connectivity index (χ0n) is 15.5. The minimum absolute atomic E-state index is 0.0285.